The van der Waals surface area contributed by atoms with Crippen LogP contribution in [-0.2, 0) is 4.74 Å². The minimum atomic E-state index is 0.0235. The molecule has 1 fully saturated rings. The summed E-state index contributed by atoms with van der Waals surface area (Å²) in [5.41, 5.74) is 0.631. The van der Waals surface area contributed by atoms with Crippen LogP contribution in [0.3, 0.4) is 0 Å². The molecule has 0 spiro atoms. The second-order valence-electron chi connectivity index (χ2n) is 4.24. The highest BCUT2D eigenvalue weighted by molar-refractivity contribution is 5.94. The van der Waals surface area contributed by atoms with Gasteiger partial charge in [0, 0.05) is 37.5 Å². The molecule has 1 aromatic heterocycles. The number of carbonyl (C=O) groups is 1. The third-order valence-corrected chi connectivity index (χ3v) is 2.90. The lowest BCUT2D eigenvalue weighted by Crippen LogP contribution is -2.38. The summed E-state index contributed by atoms with van der Waals surface area (Å²) in [6.45, 7) is 10.4. The van der Waals surface area contributed by atoms with Gasteiger partial charge in [0.15, 0.2) is 5.78 Å². The highest BCUT2D eigenvalue weighted by Crippen LogP contribution is 2.09. The summed E-state index contributed by atoms with van der Waals surface area (Å²) < 4.78 is 10.8. The second-order valence-corrected chi connectivity index (χ2v) is 4.24. The van der Waals surface area contributed by atoms with Crippen LogP contribution in [0.15, 0.2) is 18.3 Å². The number of Topliss-reactive ketones (excluding diaryl/α,β-unsaturated/α-hetero) is 1. The smallest absolute Gasteiger partial charge is 0.213 e. The lowest BCUT2D eigenvalue weighted by Gasteiger charge is -2.26. The molecule has 0 unspecified atom stereocenters. The van der Waals surface area contributed by atoms with Crippen molar-refractivity contribution in [1.82, 2.24) is 9.88 Å². The van der Waals surface area contributed by atoms with Crippen molar-refractivity contribution >= 4 is 5.78 Å². The van der Waals surface area contributed by atoms with Crippen LogP contribution in [0, 0.1) is 0 Å². The lowest BCUT2D eigenvalue weighted by atomic mass is 10.2. The van der Waals surface area contributed by atoms with E-state index in [1.807, 2.05) is 13.8 Å². The van der Waals surface area contributed by atoms with Crippen molar-refractivity contribution in [3.8, 4) is 5.88 Å². The van der Waals surface area contributed by atoms with E-state index in [0.717, 1.165) is 32.8 Å². The summed E-state index contributed by atoms with van der Waals surface area (Å²) in [6.07, 6.45) is 1.60. The Hall–Kier alpha value is -1.46. The Balaban J connectivity index is 0.000000956. The summed E-state index contributed by atoms with van der Waals surface area (Å²) >= 11 is 0. The van der Waals surface area contributed by atoms with Crippen LogP contribution in [0.25, 0.3) is 0 Å². The summed E-state index contributed by atoms with van der Waals surface area (Å²) in [4.78, 5) is 17.6. The molecule has 20 heavy (non-hydrogen) atoms. The van der Waals surface area contributed by atoms with Gasteiger partial charge in [-0.2, -0.15) is 0 Å². The number of nitrogens with zero attached hydrogens (tertiary/aromatic N) is 2. The number of ether oxygens (including phenoxy) is 2. The van der Waals surface area contributed by atoms with Gasteiger partial charge in [-0.3, -0.25) is 9.69 Å². The highest BCUT2D eigenvalue weighted by Gasteiger charge is 2.10. The molecule has 1 aliphatic rings. The molecule has 1 aliphatic heterocycles. The SMILES string of the molecule is CC.CC(=O)c1ccnc(OCCN2CCOCC2)c1. The maximum atomic E-state index is 11.2. The first-order valence-corrected chi connectivity index (χ1v) is 7.15. The molecule has 112 valence electrons. The van der Waals surface area contributed by atoms with E-state index in [4.69, 9.17) is 9.47 Å². The summed E-state index contributed by atoms with van der Waals surface area (Å²) in [7, 11) is 0. The van der Waals surface area contributed by atoms with Crippen LogP contribution in [0.5, 0.6) is 5.88 Å². The molecule has 0 radical (unpaired) electrons. The van der Waals surface area contributed by atoms with E-state index in [1.54, 1.807) is 18.3 Å². The van der Waals surface area contributed by atoms with Gasteiger partial charge < -0.3 is 9.47 Å². The fourth-order valence-electron chi connectivity index (χ4n) is 1.81. The summed E-state index contributed by atoms with van der Waals surface area (Å²) in [6, 6.07) is 3.37. The predicted molar refractivity (Wildman–Crippen MR) is 78.3 cm³/mol. The minimum absolute atomic E-state index is 0.0235. The monoisotopic (exact) mass is 280 g/mol. The molecule has 5 nitrogen and oxygen atoms in total. The summed E-state index contributed by atoms with van der Waals surface area (Å²) in [5, 5.41) is 0. The van der Waals surface area contributed by atoms with Crippen molar-refractivity contribution in [2.24, 2.45) is 0 Å². The zero-order chi connectivity index (χ0) is 14.8. The Labute approximate surface area is 120 Å². The van der Waals surface area contributed by atoms with E-state index < -0.39 is 0 Å². The normalized spacial score (nSPS) is 15.2. The number of pyridine rings is 1. The Bertz CT molecular complexity index is 404. The number of ketones is 1. The summed E-state index contributed by atoms with van der Waals surface area (Å²) in [5.74, 6) is 0.534. The molecule has 0 atom stereocenters. The number of hydrogen-bond acceptors (Lipinski definition) is 5. The van der Waals surface area contributed by atoms with Gasteiger partial charge >= 0.3 is 0 Å². The molecule has 5 heteroatoms. The first-order valence-electron chi connectivity index (χ1n) is 7.15. The molecule has 0 aliphatic carbocycles. The Kier molecular flexibility index (Phi) is 7.84. The number of carbonyl (C=O) groups excluding carboxylic acids is 1. The van der Waals surface area contributed by atoms with Crippen molar-refractivity contribution in [3.05, 3.63) is 23.9 Å². The third kappa shape index (κ3) is 5.67. The van der Waals surface area contributed by atoms with Crippen LogP contribution >= 0.6 is 0 Å². The highest BCUT2D eigenvalue weighted by atomic mass is 16.5. The minimum Gasteiger partial charge on any atom is -0.476 e. The molecule has 0 aromatic carbocycles. The van der Waals surface area contributed by atoms with Gasteiger partial charge in [-0.1, -0.05) is 13.8 Å². The molecule has 0 saturated carbocycles. The van der Waals surface area contributed by atoms with Gasteiger partial charge in [-0.15, -0.1) is 0 Å². The topological polar surface area (TPSA) is 51.7 Å². The molecule has 1 saturated heterocycles. The van der Waals surface area contributed by atoms with E-state index in [0.29, 0.717) is 18.1 Å². The fourth-order valence-corrected chi connectivity index (χ4v) is 1.81. The van der Waals surface area contributed by atoms with Crippen LogP contribution in [0.4, 0.5) is 0 Å². The van der Waals surface area contributed by atoms with Gasteiger partial charge in [-0.25, -0.2) is 4.98 Å². The number of morpholine rings is 1. The van der Waals surface area contributed by atoms with Crippen molar-refractivity contribution in [1.29, 1.82) is 0 Å². The number of rotatable bonds is 5. The van der Waals surface area contributed by atoms with Crippen molar-refractivity contribution in [2.75, 3.05) is 39.5 Å². The molecule has 0 amide bonds. The molecule has 0 N–H and O–H groups in total. The maximum Gasteiger partial charge on any atom is 0.213 e. The standard InChI is InChI=1S/C13H18N2O3.C2H6/c1-11(16)12-2-3-14-13(10-12)18-9-6-15-4-7-17-8-5-15;1-2/h2-3,10H,4-9H2,1H3;1-2H3. The van der Waals surface area contributed by atoms with Crippen molar-refractivity contribution < 1.29 is 14.3 Å². The molecule has 1 aromatic rings. The molecule has 0 bridgehead atoms. The van der Waals surface area contributed by atoms with E-state index in [2.05, 4.69) is 9.88 Å². The lowest BCUT2D eigenvalue weighted by molar-refractivity contribution is 0.0320. The van der Waals surface area contributed by atoms with Crippen molar-refractivity contribution in [3.63, 3.8) is 0 Å². The fraction of sp³-hybridized carbons (Fsp3) is 0.600. The molecular weight excluding hydrogens is 256 g/mol. The second kappa shape index (κ2) is 9.44. The van der Waals surface area contributed by atoms with E-state index in [1.165, 1.54) is 6.92 Å². The Morgan fingerprint density at radius 2 is 2.10 bits per heavy atom. The van der Waals surface area contributed by atoms with E-state index >= 15 is 0 Å². The Morgan fingerprint density at radius 1 is 1.40 bits per heavy atom. The number of aromatic nitrogens is 1. The Morgan fingerprint density at radius 3 is 2.75 bits per heavy atom. The van der Waals surface area contributed by atoms with Gasteiger partial charge in [0.25, 0.3) is 0 Å². The zero-order valence-electron chi connectivity index (χ0n) is 12.6. The van der Waals surface area contributed by atoms with Gasteiger partial charge in [0.2, 0.25) is 5.88 Å². The zero-order valence-corrected chi connectivity index (χ0v) is 12.6. The third-order valence-electron chi connectivity index (χ3n) is 2.90. The molecular formula is C15H24N2O3. The van der Waals surface area contributed by atoms with Crippen LogP contribution in [-0.4, -0.2) is 55.1 Å². The van der Waals surface area contributed by atoms with E-state index in [-0.39, 0.29) is 5.78 Å². The average molecular weight is 280 g/mol. The van der Waals surface area contributed by atoms with E-state index in [9.17, 15) is 4.79 Å². The average Bonchev–Trinajstić information content (AvgIpc) is 2.51. The predicted octanol–water partition coefficient (Wildman–Crippen LogP) is 2.02. The van der Waals surface area contributed by atoms with Gasteiger partial charge in [0.1, 0.15) is 6.61 Å². The maximum absolute atomic E-state index is 11.2. The quantitative estimate of drug-likeness (QED) is 0.772. The first-order chi connectivity index (χ1) is 9.75. The number of hydrogen-bond donors (Lipinski definition) is 0. The van der Waals surface area contributed by atoms with Gasteiger partial charge in [0.05, 0.1) is 13.2 Å². The molecule has 2 heterocycles. The van der Waals surface area contributed by atoms with Crippen LogP contribution in [0.2, 0.25) is 0 Å². The van der Waals surface area contributed by atoms with Gasteiger partial charge in [-0.05, 0) is 13.0 Å². The first kappa shape index (κ1) is 16.6. The van der Waals surface area contributed by atoms with Crippen molar-refractivity contribution in [2.45, 2.75) is 20.8 Å². The van der Waals surface area contributed by atoms with Crippen LogP contribution < -0.4 is 4.74 Å². The largest absolute Gasteiger partial charge is 0.476 e. The molecule has 2 rings (SSSR count). The van der Waals surface area contributed by atoms with Crippen LogP contribution in [0.1, 0.15) is 31.1 Å².